The van der Waals surface area contributed by atoms with E-state index in [0.717, 1.165) is 19.5 Å². The van der Waals surface area contributed by atoms with Gasteiger partial charge >= 0.3 is 0 Å². The molecule has 0 amide bonds. The van der Waals surface area contributed by atoms with Crippen molar-refractivity contribution < 1.29 is 0 Å². The maximum absolute atomic E-state index is 2.44. The zero-order valence-corrected chi connectivity index (χ0v) is 13.4. The largest absolute Gasteiger partial charge is 0.371 e. The fourth-order valence-corrected chi connectivity index (χ4v) is 2.63. The van der Waals surface area contributed by atoms with E-state index in [0.29, 0.717) is 0 Å². The zero-order chi connectivity index (χ0) is 14.9. The van der Waals surface area contributed by atoms with Crippen molar-refractivity contribution in [2.24, 2.45) is 0 Å². The lowest BCUT2D eigenvalue weighted by Crippen LogP contribution is -2.25. The van der Waals surface area contributed by atoms with Gasteiger partial charge in [-0.05, 0) is 49.4 Å². The van der Waals surface area contributed by atoms with Gasteiger partial charge in [0.05, 0.1) is 0 Å². The number of unbranched alkanes of at least 4 members (excludes halogenated alkanes) is 1. The van der Waals surface area contributed by atoms with Gasteiger partial charge in [0.15, 0.2) is 0 Å². The van der Waals surface area contributed by atoms with Crippen LogP contribution in [0, 0.1) is 0 Å². The molecule has 0 N–H and O–H groups in total. The molecular weight excluding hydrogens is 254 g/mol. The number of rotatable bonds is 8. The molecule has 0 saturated heterocycles. The van der Waals surface area contributed by atoms with E-state index in [1.54, 1.807) is 0 Å². The van der Waals surface area contributed by atoms with E-state index in [1.807, 2.05) is 0 Å². The molecule has 0 aliphatic rings. The molecule has 2 aromatic carbocycles. The van der Waals surface area contributed by atoms with E-state index in [4.69, 9.17) is 0 Å². The smallest absolute Gasteiger partial charge is 0.0366 e. The van der Waals surface area contributed by atoms with Crippen LogP contribution in [-0.2, 0) is 12.8 Å². The molecule has 0 fully saturated rings. The van der Waals surface area contributed by atoms with Crippen molar-refractivity contribution in [1.82, 2.24) is 0 Å². The number of anilines is 1. The van der Waals surface area contributed by atoms with Gasteiger partial charge in [-0.15, -0.1) is 0 Å². The standard InChI is InChI=1S/C20H27N/c1-3-5-9-18-12-14-19(15-13-18)16-17-21(4-2)20-10-7-6-8-11-20/h6-8,10-15H,3-5,9,16-17H2,1-2H3. The SMILES string of the molecule is CCCCc1ccc(CCN(CC)c2ccccc2)cc1. The lowest BCUT2D eigenvalue weighted by atomic mass is 10.0. The highest BCUT2D eigenvalue weighted by molar-refractivity contribution is 5.46. The minimum Gasteiger partial charge on any atom is -0.371 e. The van der Waals surface area contributed by atoms with Gasteiger partial charge in [0, 0.05) is 18.8 Å². The number of para-hydroxylation sites is 1. The second-order valence-electron chi connectivity index (χ2n) is 5.59. The van der Waals surface area contributed by atoms with Crippen molar-refractivity contribution in [3.05, 3.63) is 65.7 Å². The van der Waals surface area contributed by atoms with Crippen LogP contribution in [0.1, 0.15) is 37.8 Å². The second-order valence-corrected chi connectivity index (χ2v) is 5.59. The summed E-state index contributed by atoms with van der Waals surface area (Å²) in [6, 6.07) is 19.9. The van der Waals surface area contributed by atoms with Gasteiger partial charge in [-0.2, -0.15) is 0 Å². The molecular formula is C20H27N. The van der Waals surface area contributed by atoms with Gasteiger partial charge in [0.2, 0.25) is 0 Å². The first kappa shape index (κ1) is 15.6. The van der Waals surface area contributed by atoms with E-state index >= 15 is 0 Å². The van der Waals surface area contributed by atoms with Crippen molar-refractivity contribution in [1.29, 1.82) is 0 Å². The molecule has 0 saturated carbocycles. The van der Waals surface area contributed by atoms with E-state index in [-0.39, 0.29) is 0 Å². The summed E-state index contributed by atoms with van der Waals surface area (Å²) in [4.78, 5) is 2.44. The summed E-state index contributed by atoms with van der Waals surface area (Å²) in [5.74, 6) is 0. The topological polar surface area (TPSA) is 3.24 Å². The maximum Gasteiger partial charge on any atom is 0.0366 e. The Bertz CT molecular complexity index is 501. The molecule has 112 valence electrons. The van der Waals surface area contributed by atoms with E-state index in [2.05, 4.69) is 73.3 Å². The predicted octanol–water partition coefficient (Wildman–Crippen LogP) is 5.10. The molecule has 0 atom stereocenters. The summed E-state index contributed by atoms with van der Waals surface area (Å²) in [6.07, 6.45) is 4.87. The number of likely N-dealkylation sites (N-methyl/N-ethyl adjacent to an activating group) is 1. The van der Waals surface area contributed by atoms with Crippen LogP contribution in [0.3, 0.4) is 0 Å². The average Bonchev–Trinajstić information content (AvgIpc) is 2.55. The first-order valence-electron chi connectivity index (χ1n) is 8.21. The zero-order valence-electron chi connectivity index (χ0n) is 13.4. The van der Waals surface area contributed by atoms with Crippen molar-refractivity contribution in [3.8, 4) is 0 Å². The first-order chi connectivity index (χ1) is 10.3. The Balaban J connectivity index is 1.89. The first-order valence-corrected chi connectivity index (χ1v) is 8.21. The van der Waals surface area contributed by atoms with Crippen LogP contribution in [0.15, 0.2) is 54.6 Å². The Labute approximate surface area is 129 Å². The monoisotopic (exact) mass is 281 g/mol. The highest BCUT2D eigenvalue weighted by Gasteiger charge is 2.04. The summed E-state index contributed by atoms with van der Waals surface area (Å²) in [5.41, 5.74) is 4.22. The van der Waals surface area contributed by atoms with Gasteiger partial charge in [-0.1, -0.05) is 55.8 Å². The molecule has 2 rings (SSSR count). The molecule has 1 heteroatoms. The fraction of sp³-hybridized carbons (Fsp3) is 0.400. The quantitative estimate of drug-likeness (QED) is 0.651. The van der Waals surface area contributed by atoms with Crippen LogP contribution < -0.4 is 4.90 Å². The molecule has 0 aliphatic heterocycles. The summed E-state index contributed by atoms with van der Waals surface area (Å²) >= 11 is 0. The maximum atomic E-state index is 2.44. The number of benzene rings is 2. The van der Waals surface area contributed by atoms with E-state index < -0.39 is 0 Å². The van der Waals surface area contributed by atoms with E-state index in [9.17, 15) is 0 Å². The molecule has 0 unspecified atom stereocenters. The van der Waals surface area contributed by atoms with Crippen molar-refractivity contribution >= 4 is 5.69 Å². The van der Waals surface area contributed by atoms with Gasteiger partial charge in [0.1, 0.15) is 0 Å². The Morgan fingerprint density at radius 2 is 1.38 bits per heavy atom. The van der Waals surface area contributed by atoms with Crippen LogP contribution >= 0.6 is 0 Å². The molecule has 0 spiro atoms. The van der Waals surface area contributed by atoms with E-state index in [1.165, 1.54) is 36.1 Å². The van der Waals surface area contributed by atoms with Crippen molar-refractivity contribution in [3.63, 3.8) is 0 Å². The van der Waals surface area contributed by atoms with Crippen LogP contribution in [0.5, 0.6) is 0 Å². The molecule has 2 aromatic rings. The Hall–Kier alpha value is -1.76. The number of hydrogen-bond acceptors (Lipinski definition) is 1. The van der Waals surface area contributed by atoms with Crippen LogP contribution in [0.2, 0.25) is 0 Å². The minimum absolute atomic E-state index is 1.05. The highest BCUT2D eigenvalue weighted by Crippen LogP contribution is 2.14. The van der Waals surface area contributed by atoms with Crippen molar-refractivity contribution in [2.75, 3.05) is 18.0 Å². The third kappa shape index (κ3) is 4.93. The average molecular weight is 281 g/mol. The normalized spacial score (nSPS) is 10.6. The third-order valence-electron chi connectivity index (χ3n) is 4.02. The van der Waals surface area contributed by atoms with Crippen LogP contribution in [0.25, 0.3) is 0 Å². The number of aryl methyl sites for hydroxylation is 1. The summed E-state index contributed by atoms with van der Waals surface area (Å²) in [6.45, 7) is 6.60. The molecule has 0 radical (unpaired) electrons. The Morgan fingerprint density at radius 1 is 0.762 bits per heavy atom. The van der Waals surface area contributed by atoms with Gasteiger partial charge in [0.25, 0.3) is 0 Å². The van der Waals surface area contributed by atoms with Gasteiger partial charge in [-0.3, -0.25) is 0 Å². The minimum atomic E-state index is 1.05. The number of hydrogen-bond donors (Lipinski definition) is 0. The molecule has 0 aromatic heterocycles. The van der Waals surface area contributed by atoms with Gasteiger partial charge in [-0.25, -0.2) is 0 Å². The lowest BCUT2D eigenvalue weighted by Gasteiger charge is -2.23. The Morgan fingerprint density at radius 3 is 1.95 bits per heavy atom. The summed E-state index contributed by atoms with van der Waals surface area (Å²) < 4.78 is 0. The predicted molar refractivity (Wildman–Crippen MR) is 93.1 cm³/mol. The molecule has 0 heterocycles. The summed E-state index contributed by atoms with van der Waals surface area (Å²) in [7, 11) is 0. The molecule has 0 bridgehead atoms. The molecule has 21 heavy (non-hydrogen) atoms. The van der Waals surface area contributed by atoms with Gasteiger partial charge < -0.3 is 4.90 Å². The molecule has 0 aliphatic carbocycles. The molecule has 1 nitrogen and oxygen atoms in total. The van der Waals surface area contributed by atoms with Crippen molar-refractivity contribution in [2.45, 2.75) is 39.5 Å². The Kier molecular flexibility index (Phi) is 6.33. The third-order valence-corrected chi connectivity index (χ3v) is 4.02. The summed E-state index contributed by atoms with van der Waals surface area (Å²) in [5, 5.41) is 0. The second kappa shape index (κ2) is 8.51. The fourth-order valence-electron chi connectivity index (χ4n) is 2.63. The highest BCUT2D eigenvalue weighted by atomic mass is 15.1. The number of nitrogens with zero attached hydrogens (tertiary/aromatic N) is 1. The lowest BCUT2D eigenvalue weighted by molar-refractivity contribution is 0.791. The van der Waals surface area contributed by atoms with Crippen LogP contribution in [-0.4, -0.2) is 13.1 Å². The van der Waals surface area contributed by atoms with Crippen LogP contribution in [0.4, 0.5) is 5.69 Å².